The van der Waals surface area contributed by atoms with Crippen molar-refractivity contribution in [3.63, 3.8) is 0 Å². The molecule has 3 N–H and O–H groups in total. The number of aromatic nitrogens is 2. The lowest BCUT2D eigenvalue weighted by Crippen LogP contribution is -2.08. The van der Waals surface area contributed by atoms with E-state index in [9.17, 15) is 0 Å². The Balaban J connectivity index is 2.18. The highest BCUT2D eigenvalue weighted by Gasteiger charge is 2.06. The molecule has 2 rings (SSSR count). The topological polar surface area (TPSA) is 63.8 Å². The van der Waals surface area contributed by atoms with Crippen LogP contribution in [0.25, 0.3) is 0 Å². The minimum absolute atomic E-state index is 0.537. The zero-order chi connectivity index (χ0) is 13.1. The summed E-state index contributed by atoms with van der Waals surface area (Å²) in [6, 6.07) is 8.28. The van der Waals surface area contributed by atoms with Crippen LogP contribution in [-0.2, 0) is 6.54 Å². The van der Waals surface area contributed by atoms with Gasteiger partial charge < -0.3 is 11.1 Å². The molecule has 0 bridgehead atoms. The van der Waals surface area contributed by atoms with E-state index in [-0.39, 0.29) is 0 Å². The van der Waals surface area contributed by atoms with Gasteiger partial charge in [-0.1, -0.05) is 24.3 Å². The molecule has 2 aromatic rings. The number of nitrogen functional groups attached to an aromatic ring is 1. The van der Waals surface area contributed by atoms with E-state index in [0.717, 1.165) is 17.9 Å². The first-order valence-corrected chi connectivity index (χ1v) is 5.97. The summed E-state index contributed by atoms with van der Waals surface area (Å²) in [6.45, 7) is 6.61. The number of hydrogen-bond acceptors (Lipinski definition) is 4. The van der Waals surface area contributed by atoms with E-state index in [1.807, 2.05) is 26.0 Å². The third-order valence-electron chi connectivity index (χ3n) is 3.00. The van der Waals surface area contributed by atoms with Crippen molar-refractivity contribution in [2.45, 2.75) is 27.3 Å². The molecule has 1 aromatic heterocycles. The van der Waals surface area contributed by atoms with Gasteiger partial charge in [-0.15, -0.1) is 0 Å². The molecule has 4 nitrogen and oxygen atoms in total. The molecule has 0 unspecified atom stereocenters. The van der Waals surface area contributed by atoms with E-state index < -0.39 is 0 Å². The van der Waals surface area contributed by atoms with Crippen molar-refractivity contribution >= 4 is 11.6 Å². The highest BCUT2D eigenvalue weighted by molar-refractivity contribution is 5.55. The minimum Gasteiger partial charge on any atom is -0.383 e. The van der Waals surface area contributed by atoms with E-state index >= 15 is 0 Å². The van der Waals surface area contributed by atoms with Crippen molar-refractivity contribution in [2.24, 2.45) is 0 Å². The molecule has 4 heteroatoms. The van der Waals surface area contributed by atoms with E-state index in [1.54, 1.807) is 0 Å². The van der Waals surface area contributed by atoms with Crippen LogP contribution in [-0.4, -0.2) is 9.97 Å². The van der Waals surface area contributed by atoms with Gasteiger partial charge in [-0.05, 0) is 31.9 Å². The van der Waals surface area contributed by atoms with Gasteiger partial charge in [0.25, 0.3) is 0 Å². The SMILES string of the molecule is Cc1nc(N)c(C)c(NCc2ccccc2C)n1. The molecule has 0 amide bonds. The predicted octanol–water partition coefficient (Wildman–Crippen LogP) is 2.60. The smallest absolute Gasteiger partial charge is 0.135 e. The van der Waals surface area contributed by atoms with Crippen LogP contribution in [0, 0.1) is 20.8 Å². The summed E-state index contributed by atoms with van der Waals surface area (Å²) >= 11 is 0. The first kappa shape index (κ1) is 12.4. The molecular formula is C14H18N4. The molecule has 1 heterocycles. The van der Waals surface area contributed by atoms with Crippen LogP contribution in [0.15, 0.2) is 24.3 Å². The molecule has 0 aliphatic carbocycles. The Labute approximate surface area is 107 Å². The fourth-order valence-electron chi connectivity index (χ4n) is 1.81. The second kappa shape index (κ2) is 5.04. The molecule has 0 aliphatic rings. The monoisotopic (exact) mass is 242 g/mol. The number of nitrogens with zero attached hydrogens (tertiary/aromatic N) is 2. The summed E-state index contributed by atoms with van der Waals surface area (Å²) in [7, 11) is 0. The van der Waals surface area contributed by atoms with Gasteiger partial charge in [-0.2, -0.15) is 0 Å². The normalized spacial score (nSPS) is 10.4. The lowest BCUT2D eigenvalue weighted by atomic mass is 10.1. The van der Waals surface area contributed by atoms with Crippen molar-refractivity contribution in [3.05, 3.63) is 46.8 Å². The fraction of sp³-hybridized carbons (Fsp3) is 0.286. The Bertz CT molecular complexity index is 564. The van der Waals surface area contributed by atoms with Gasteiger partial charge in [0.15, 0.2) is 0 Å². The number of anilines is 2. The maximum Gasteiger partial charge on any atom is 0.135 e. The number of benzene rings is 1. The third-order valence-corrected chi connectivity index (χ3v) is 3.00. The first-order chi connectivity index (χ1) is 8.58. The van der Waals surface area contributed by atoms with Gasteiger partial charge in [-0.25, -0.2) is 9.97 Å². The van der Waals surface area contributed by atoms with Crippen molar-refractivity contribution in [3.8, 4) is 0 Å². The Kier molecular flexibility index (Phi) is 3.46. The number of rotatable bonds is 3. The third kappa shape index (κ3) is 2.59. The molecule has 0 fully saturated rings. The lowest BCUT2D eigenvalue weighted by Gasteiger charge is -2.12. The van der Waals surface area contributed by atoms with Crippen LogP contribution in [0.1, 0.15) is 22.5 Å². The van der Waals surface area contributed by atoms with Crippen LogP contribution in [0.2, 0.25) is 0 Å². The summed E-state index contributed by atoms with van der Waals surface area (Å²) in [5.74, 6) is 2.03. The van der Waals surface area contributed by atoms with E-state index in [2.05, 4.69) is 34.3 Å². The van der Waals surface area contributed by atoms with E-state index in [1.165, 1.54) is 11.1 Å². The van der Waals surface area contributed by atoms with Crippen LogP contribution in [0.3, 0.4) is 0 Å². The Hall–Kier alpha value is -2.10. The molecule has 0 radical (unpaired) electrons. The highest BCUT2D eigenvalue weighted by Crippen LogP contribution is 2.18. The van der Waals surface area contributed by atoms with Crippen LogP contribution < -0.4 is 11.1 Å². The van der Waals surface area contributed by atoms with Crippen LogP contribution in [0.5, 0.6) is 0 Å². The largest absolute Gasteiger partial charge is 0.383 e. The Morgan fingerprint density at radius 2 is 1.83 bits per heavy atom. The van der Waals surface area contributed by atoms with Crippen molar-refractivity contribution in [2.75, 3.05) is 11.1 Å². The number of aryl methyl sites for hydroxylation is 2. The van der Waals surface area contributed by atoms with Crippen LogP contribution >= 0.6 is 0 Å². The van der Waals surface area contributed by atoms with Crippen molar-refractivity contribution < 1.29 is 0 Å². The van der Waals surface area contributed by atoms with Gasteiger partial charge in [-0.3, -0.25) is 0 Å². The zero-order valence-electron chi connectivity index (χ0n) is 11.0. The summed E-state index contributed by atoms with van der Waals surface area (Å²) in [4.78, 5) is 8.51. The maximum absolute atomic E-state index is 5.83. The number of nitrogens with one attached hydrogen (secondary N) is 1. The van der Waals surface area contributed by atoms with Crippen molar-refractivity contribution in [1.29, 1.82) is 0 Å². The fourth-order valence-corrected chi connectivity index (χ4v) is 1.81. The molecule has 18 heavy (non-hydrogen) atoms. The minimum atomic E-state index is 0.537. The molecule has 0 saturated heterocycles. The molecule has 0 aliphatic heterocycles. The number of nitrogens with two attached hydrogens (primary N) is 1. The average Bonchev–Trinajstić information content (AvgIpc) is 2.33. The summed E-state index contributed by atoms with van der Waals surface area (Å²) in [5.41, 5.74) is 9.25. The average molecular weight is 242 g/mol. The molecule has 0 spiro atoms. The molecule has 94 valence electrons. The van der Waals surface area contributed by atoms with Gasteiger partial charge in [0.05, 0.1) is 0 Å². The predicted molar refractivity (Wildman–Crippen MR) is 74.4 cm³/mol. The molecule has 1 aromatic carbocycles. The Morgan fingerprint density at radius 1 is 1.11 bits per heavy atom. The second-order valence-corrected chi connectivity index (χ2v) is 4.41. The molecule has 0 atom stereocenters. The van der Waals surface area contributed by atoms with E-state index in [4.69, 9.17) is 5.73 Å². The zero-order valence-corrected chi connectivity index (χ0v) is 11.0. The van der Waals surface area contributed by atoms with E-state index in [0.29, 0.717) is 11.6 Å². The van der Waals surface area contributed by atoms with Gasteiger partial charge in [0, 0.05) is 12.1 Å². The molecule has 0 saturated carbocycles. The maximum atomic E-state index is 5.83. The first-order valence-electron chi connectivity index (χ1n) is 5.97. The van der Waals surface area contributed by atoms with Gasteiger partial charge in [0.2, 0.25) is 0 Å². The van der Waals surface area contributed by atoms with Crippen molar-refractivity contribution in [1.82, 2.24) is 9.97 Å². The standard InChI is InChI=1S/C14H18N4/c1-9-6-4-5-7-12(9)8-16-14-10(2)13(15)17-11(3)18-14/h4-7H,8H2,1-3H3,(H3,15,16,17,18). The Morgan fingerprint density at radius 3 is 2.56 bits per heavy atom. The summed E-state index contributed by atoms with van der Waals surface area (Å²) in [5, 5.41) is 3.32. The van der Waals surface area contributed by atoms with Gasteiger partial charge in [0.1, 0.15) is 17.5 Å². The summed E-state index contributed by atoms with van der Waals surface area (Å²) in [6.07, 6.45) is 0. The quantitative estimate of drug-likeness (QED) is 0.868. The second-order valence-electron chi connectivity index (χ2n) is 4.41. The lowest BCUT2D eigenvalue weighted by molar-refractivity contribution is 1.01. The molecular weight excluding hydrogens is 224 g/mol. The van der Waals surface area contributed by atoms with Gasteiger partial charge >= 0.3 is 0 Å². The van der Waals surface area contributed by atoms with Crippen LogP contribution in [0.4, 0.5) is 11.6 Å². The number of hydrogen-bond donors (Lipinski definition) is 2. The highest BCUT2D eigenvalue weighted by atomic mass is 15.0. The summed E-state index contributed by atoms with van der Waals surface area (Å²) < 4.78 is 0.